The summed E-state index contributed by atoms with van der Waals surface area (Å²) in [5.74, 6) is 0.709. The average molecular weight is 453 g/mol. The summed E-state index contributed by atoms with van der Waals surface area (Å²) < 4.78 is 19.4. The Morgan fingerprint density at radius 2 is 1.56 bits per heavy atom. The van der Waals surface area contributed by atoms with Crippen molar-refractivity contribution in [3.8, 4) is 5.88 Å². The number of hydrogen-bond donors (Lipinski definition) is 0. The molecule has 0 radical (unpaired) electrons. The molecule has 0 saturated carbocycles. The molecular weight excluding hydrogens is 424 g/mol. The fourth-order valence-corrected chi connectivity index (χ4v) is 4.59. The maximum absolute atomic E-state index is 11.9. The van der Waals surface area contributed by atoms with Crippen LogP contribution in [0.4, 0.5) is 5.82 Å². The summed E-state index contributed by atoms with van der Waals surface area (Å²) in [5, 5.41) is 0. The molecule has 1 fully saturated rings. The number of anilines is 1. The zero-order chi connectivity index (χ0) is 22.3. The molecule has 1 aliphatic rings. The van der Waals surface area contributed by atoms with Gasteiger partial charge in [-0.25, -0.2) is 4.79 Å². The van der Waals surface area contributed by atoms with Crippen molar-refractivity contribution in [2.24, 2.45) is 0 Å². The summed E-state index contributed by atoms with van der Waals surface area (Å²) in [6, 6.07) is 21.5. The second-order valence-corrected chi connectivity index (χ2v) is 8.21. The highest BCUT2D eigenvalue weighted by Crippen LogP contribution is 2.32. The molecule has 168 valence electrons. The van der Waals surface area contributed by atoms with Crippen LogP contribution < -0.4 is 9.64 Å². The molecule has 2 aromatic carbocycles. The molecule has 0 aliphatic carbocycles. The minimum absolute atomic E-state index is 0.202. The van der Waals surface area contributed by atoms with Crippen molar-refractivity contribution in [2.45, 2.75) is 25.5 Å². The van der Waals surface area contributed by atoms with Gasteiger partial charge >= 0.3 is 5.97 Å². The van der Waals surface area contributed by atoms with E-state index in [0.717, 1.165) is 37.9 Å². The molecule has 0 spiro atoms. The first kappa shape index (κ1) is 22.2. The van der Waals surface area contributed by atoms with E-state index in [1.807, 2.05) is 6.92 Å². The number of carbonyl (C=O) groups excluding carboxylic acids is 1. The van der Waals surface area contributed by atoms with Crippen molar-refractivity contribution in [3.63, 3.8) is 0 Å². The van der Waals surface area contributed by atoms with Crippen molar-refractivity contribution in [1.82, 2.24) is 13.6 Å². The molecule has 1 aliphatic heterocycles. The third-order valence-electron chi connectivity index (χ3n) is 5.74. The average Bonchev–Trinajstić information content (AvgIpc) is 3.32. The highest BCUT2D eigenvalue weighted by molar-refractivity contribution is 6.99. The van der Waals surface area contributed by atoms with Gasteiger partial charge in [-0.2, -0.15) is 4.37 Å². The quantitative estimate of drug-likeness (QED) is 0.482. The lowest BCUT2D eigenvalue weighted by Crippen LogP contribution is -2.48. The lowest BCUT2D eigenvalue weighted by atomic mass is 9.96. The molecule has 1 saturated heterocycles. The number of piperazine rings is 1. The van der Waals surface area contributed by atoms with Gasteiger partial charge in [0.1, 0.15) is 0 Å². The molecule has 1 aromatic heterocycles. The van der Waals surface area contributed by atoms with Gasteiger partial charge in [0.2, 0.25) is 5.82 Å². The lowest BCUT2D eigenvalue weighted by Gasteiger charge is -2.40. The zero-order valence-electron chi connectivity index (χ0n) is 18.4. The van der Waals surface area contributed by atoms with Crippen molar-refractivity contribution in [1.29, 1.82) is 0 Å². The molecule has 0 amide bonds. The Morgan fingerprint density at radius 1 is 0.969 bits per heavy atom. The van der Waals surface area contributed by atoms with Crippen molar-refractivity contribution < 1.29 is 14.3 Å². The molecule has 3 aromatic rings. The molecule has 8 heteroatoms. The molecule has 1 atom stereocenters. The summed E-state index contributed by atoms with van der Waals surface area (Å²) in [6.45, 7) is 5.23. The number of esters is 1. The van der Waals surface area contributed by atoms with Gasteiger partial charge in [-0.05, 0) is 17.5 Å². The van der Waals surface area contributed by atoms with Crippen molar-refractivity contribution in [3.05, 3.63) is 71.8 Å². The van der Waals surface area contributed by atoms with Crippen LogP contribution in [0.5, 0.6) is 5.88 Å². The van der Waals surface area contributed by atoms with Crippen LogP contribution in [0, 0.1) is 0 Å². The standard InChI is InChI=1S/C24H28N4O3S/c1-3-20(24(29)30-2)31-23-22(25-32-26-23)28-16-14-27(15-17-28)21(18-10-6-4-7-11-18)19-12-8-5-9-13-19/h4-13,20-21H,3,14-17H2,1-2H3. The van der Waals surface area contributed by atoms with E-state index in [4.69, 9.17) is 9.47 Å². The van der Waals surface area contributed by atoms with E-state index >= 15 is 0 Å². The van der Waals surface area contributed by atoms with E-state index in [2.05, 4.69) is 79.2 Å². The third kappa shape index (κ3) is 4.92. The maximum Gasteiger partial charge on any atom is 0.347 e. The SMILES string of the molecule is CCC(Oc1nsnc1N1CCN(C(c2ccccc2)c2ccccc2)CC1)C(=O)OC. The topological polar surface area (TPSA) is 67.8 Å². The van der Waals surface area contributed by atoms with Crippen molar-refractivity contribution in [2.75, 3.05) is 38.2 Å². The molecule has 2 heterocycles. The van der Waals surface area contributed by atoms with Crippen LogP contribution in [-0.2, 0) is 9.53 Å². The van der Waals surface area contributed by atoms with Crippen LogP contribution in [0.15, 0.2) is 60.7 Å². The predicted octanol–water partition coefficient (Wildman–Crippen LogP) is 3.78. The number of ether oxygens (including phenoxy) is 2. The van der Waals surface area contributed by atoms with E-state index in [1.165, 1.54) is 18.2 Å². The summed E-state index contributed by atoms with van der Waals surface area (Å²) >= 11 is 1.10. The second kappa shape index (κ2) is 10.6. The van der Waals surface area contributed by atoms with Crippen LogP contribution in [0.1, 0.15) is 30.5 Å². The number of aromatic nitrogens is 2. The van der Waals surface area contributed by atoms with E-state index < -0.39 is 12.1 Å². The number of methoxy groups -OCH3 is 1. The molecule has 7 nitrogen and oxygen atoms in total. The van der Waals surface area contributed by atoms with E-state index in [1.54, 1.807) is 0 Å². The van der Waals surface area contributed by atoms with Crippen LogP contribution in [-0.4, -0.2) is 59.0 Å². The van der Waals surface area contributed by atoms with Crippen LogP contribution in [0.2, 0.25) is 0 Å². The maximum atomic E-state index is 11.9. The van der Waals surface area contributed by atoms with Crippen LogP contribution >= 0.6 is 11.7 Å². The number of carbonyl (C=O) groups is 1. The van der Waals surface area contributed by atoms with Gasteiger partial charge in [-0.1, -0.05) is 67.6 Å². The first-order valence-electron chi connectivity index (χ1n) is 10.9. The molecule has 32 heavy (non-hydrogen) atoms. The molecule has 0 bridgehead atoms. The monoisotopic (exact) mass is 452 g/mol. The minimum atomic E-state index is -0.676. The Kier molecular flexibility index (Phi) is 7.34. The highest BCUT2D eigenvalue weighted by atomic mass is 32.1. The smallest absolute Gasteiger partial charge is 0.347 e. The number of rotatable bonds is 8. The number of benzene rings is 2. The lowest BCUT2D eigenvalue weighted by molar-refractivity contribution is -0.149. The summed E-state index contributed by atoms with van der Waals surface area (Å²) in [4.78, 5) is 16.6. The fourth-order valence-electron chi connectivity index (χ4n) is 4.08. The second-order valence-electron chi connectivity index (χ2n) is 7.68. The van der Waals surface area contributed by atoms with Crippen LogP contribution in [0.25, 0.3) is 0 Å². The van der Waals surface area contributed by atoms with Gasteiger partial charge in [-0.15, -0.1) is 4.37 Å². The van der Waals surface area contributed by atoms with E-state index in [-0.39, 0.29) is 6.04 Å². The minimum Gasteiger partial charge on any atom is -0.466 e. The van der Waals surface area contributed by atoms with E-state index in [0.29, 0.717) is 18.1 Å². The van der Waals surface area contributed by atoms with E-state index in [9.17, 15) is 4.79 Å². The normalized spacial score (nSPS) is 15.5. The van der Waals surface area contributed by atoms with Crippen molar-refractivity contribution >= 4 is 23.5 Å². The first-order chi connectivity index (χ1) is 15.7. The Labute approximate surface area is 192 Å². The van der Waals surface area contributed by atoms with Gasteiger partial charge in [0.25, 0.3) is 5.88 Å². The largest absolute Gasteiger partial charge is 0.466 e. The molecule has 1 unspecified atom stereocenters. The van der Waals surface area contributed by atoms with Gasteiger partial charge in [0.15, 0.2) is 6.10 Å². The Morgan fingerprint density at radius 3 is 2.09 bits per heavy atom. The number of hydrogen-bond acceptors (Lipinski definition) is 8. The fraction of sp³-hybridized carbons (Fsp3) is 0.375. The molecule has 0 N–H and O–H groups in total. The summed E-state index contributed by atoms with van der Waals surface area (Å²) in [7, 11) is 1.36. The molecule has 4 rings (SSSR count). The Hall–Kier alpha value is -2.97. The van der Waals surface area contributed by atoms with Gasteiger partial charge in [-0.3, -0.25) is 4.90 Å². The third-order valence-corrected chi connectivity index (χ3v) is 6.24. The highest BCUT2D eigenvalue weighted by Gasteiger charge is 2.30. The summed E-state index contributed by atoms with van der Waals surface area (Å²) in [5.41, 5.74) is 2.57. The van der Waals surface area contributed by atoms with Crippen LogP contribution in [0.3, 0.4) is 0 Å². The Balaban J connectivity index is 1.48. The van der Waals surface area contributed by atoms with Gasteiger partial charge in [0.05, 0.1) is 24.9 Å². The predicted molar refractivity (Wildman–Crippen MR) is 125 cm³/mol. The number of nitrogens with zero attached hydrogens (tertiary/aromatic N) is 4. The Bertz CT molecular complexity index is 951. The van der Waals surface area contributed by atoms with Gasteiger partial charge in [0, 0.05) is 26.2 Å². The zero-order valence-corrected chi connectivity index (χ0v) is 19.2. The van der Waals surface area contributed by atoms with Gasteiger partial charge < -0.3 is 14.4 Å². The first-order valence-corrected chi connectivity index (χ1v) is 11.6. The molecular formula is C24H28N4O3S. The summed E-state index contributed by atoms with van der Waals surface area (Å²) in [6.07, 6.45) is -0.169.